The van der Waals surface area contributed by atoms with Crippen LogP contribution in [0.15, 0.2) is 29.3 Å². The average molecular weight is 503 g/mol. The van der Waals surface area contributed by atoms with Gasteiger partial charge in [-0.25, -0.2) is 4.39 Å². The van der Waals surface area contributed by atoms with Crippen LogP contribution in [0.25, 0.3) is 0 Å². The van der Waals surface area contributed by atoms with Crippen molar-refractivity contribution in [2.45, 2.75) is 54.5 Å². The molecule has 1 unspecified atom stereocenters. The van der Waals surface area contributed by atoms with E-state index in [1.165, 1.54) is 19.2 Å². The maximum absolute atomic E-state index is 14.5. The number of hydrogen-bond donors (Lipinski definition) is 2. The van der Waals surface area contributed by atoms with Crippen molar-refractivity contribution >= 4 is 17.7 Å². The number of nitrogens with zero attached hydrogens (tertiary/aromatic N) is 1. The number of nitrogens with two attached hydrogens (primary N) is 1. The fraction of sp³-hybridized carbons (Fsp3) is 0.455. The normalized spacial score (nSPS) is 29.1. The van der Waals surface area contributed by atoms with Crippen molar-refractivity contribution in [3.05, 3.63) is 52.9 Å². The van der Waals surface area contributed by atoms with Crippen LogP contribution in [-0.4, -0.2) is 41.3 Å². The zero-order valence-corrected chi connectivity index (χ0v) is 19.2. The van der Waals surface area contributed by atoms with Gasteiger partial charge in [-0.2, -0.15) is 17.6 Å². The van der Waals surface area contributed by atoms with Crippen molar-refractivity contribution in [3.8, 4) is 5.75 Å². The summed E-state index contributed by atoms with van der Waals surface area (Å²) in [7, 11) is 1.13. The van der Waals surface area contributed by atoms with Crippen LogP contribution in [0.4, 0.5) is 22.0 Å². The lowest BCUT2D eigenvalue weighted by atomic mass is 9.77. The number of amides is 1. The Kier molecular flexibility index (Phi) is 6.28. The Morgan fingerprint density at radius 1 is 1.32 bits per heavy atom. The number of primary amides is 1. The van der Waals surface area contributed by atoms with Gasteiger partial charge in [0.15, 0.2) is 17.2 Å². The Morgan fingerprint density at radius 3 is 2.65 bits per heavy atom. The average Bonchev–Trinajstić information content (AvgIpc) is 3.06. The van der Waals surface area contributed by atoms with Crippen LogP contribution in [0.1, 0.15) is 41.4 Å². The van der Waals surface area contributed by atoms with Gasteiger partial charge in [0, 0.05) is 40.6 Å². The summed E-state index contributed by atoms with van der Waals surface area (Å²) in [6, 6.07) is 3.73. The minimum atomic E-state index is -4.73. The van der Waals surface area contributed by atoms with E-state index in [0.29, 0.717) is 10.5 Å². The number of thioether (sulfide) groups is 1. The smallest absolute Gasteiger partial charge is 0.417 e. The second-order valence-corrected chi connectivity index (χ2v) is 9.59. The third-order valence-electron chi connectivity index (χ3n) is 6.63. The summed E-state index contributed by atoms with van der Waals surface area (Å²) in [6.07, 6.45) is -4.45. The summed E-state index contributed by atoms with van der Waals surface area (Å²) >= 11 is 1.16. The molecule has 2 aliphatic heterocycles. The lowest BCUT2D eigenvalue weighted by Gasteiger charge is -2.34. The minimum Gasteiger partial charge on any atom is -0.493 e. The number of carbonyl (C=O) groups excluding carboxylic acids is 1. The first-order chi connectivity index (χ1) is 15.9. The number of aromatic nitrogens is 1. The molecule has 34 heavy (non-hydrogen) atoms. The van der Waals surface area contributed by atoms with Crippen LogP contribution in [0.3, 0.4) is 0 Å². The van der Waals surface area contributed by atoms with Gasteiger partial charge in [-0.05, 0) is 19.1 Å². The van der Waals surface area contributed by atoms with Crippen molar-refractivity contribution in [1.82, 2.24) is 10.3 Å². The molecule has 1 aromatic carbocycles. The second kappa shape index (κ2) is 8.65. The summed E-state index contributed by atoms with van der Waals surface area (Å²) in [5.74, 6) is -5.80. The molecular weight excluding hydrogens is 481 g/mol. The molecule has 2 aromatic rings. The largest absolute Gasteiger partial charge is 0.493 e. The molecule has 0 saturated carbocycles. The molecule has 1 fully saturated rings. The number of rotatable bonds is 4. The van der Waals surface area contributed by atoms with E-state index in [1.807, 2.05) is 0 Å². The summed E-state index contributed by atoms with van der Waals surface area (Å²) in [5.41, 5.74) is 3.50. The maximum atomic E-state index is 14.5. The van der Waals surface area contributed by atoms with Crippen LogP contribution < -0.4 is 15.8 Å². The SMILES string of the molecule is COc1c([C@H]2[C@H](C3NCc4c(ccnc4C(N)=O)S3)O[C@@](C)(C(F)(F)F)[C@H]2C)ccc(F)c1F. The van der Waals surface area contributed by atoms with Gasteiger partial charge < -0.3 is 15.2 Å². The molecule has 12 heteroatoms. The van der Waals surface area contributed by atoms with Crippen molar-refractivity contribution in [2.75, 3.05) is 7.11 Å². The molecule has 6 nitrogen and oxygen atoms in total. The van der Waals surface area contributed by atoms with E-state index in [0.717, 1.165) is 31.9 Å². The van der Waals surface area contributed by atoms with Gasteiger partial charge in [0.25, 0.3) is 5.91 Å². The molecule has 4 rings (SSSR count). The van der Waals surface area contributed by atoms with E-state index in [-0.39, 0.29) is 17.8 Å². The van der Waals surface area contributed by atoms with Gasteiger partial charge in [0.1, 0.15) is 5.69 Å². The van der Waals surface area contributed by atoms with E-state index >= 15 is 0 Å². The minimum absolute atomic E-state index is 0.0654. The van der Waals surface area contributed by atoms with E-state index in [9.17, 15) is 26.7 Å². The van der Waals surface area contributed by atoms with Gasteiger partial charge in [0.2, 0.25) is 5.82 Å². The number of alkyl halides is 3. The highest BCUT2D eigenvalue weighted by Crippen LogP contribution is 2.57. The van der Waals surface area contributed by atoms with E-state index < -0.39 is 58.4 Å². The van der Waals surface area contributed by atoms with Gasteiger partial charge in [-0.15, -0.1) is 11.8 Å². The van der Waals surface area contributed by atoms with E-state index in [1.54, 1.807) is 6.07 Å². The van der Waals surface area contributed by atoms with E-state index in [2.05, 4.69) is 10.3 Å². The van der Waals surface area contributed by atoms with Gasteiger partial charge in [-0.1, -0.05) is 13.0 Å². The van der Waals surface area contributed by atoms with Crippen LogP contribution >= 0.6 is 11.8 Å². The predicted molar refractivity (Wildman–Crippen MR) is 113 cm³/mol. The zero-order chi connectivity index (χ0) is 25.0. The maximum Gasteiger partial charge on any atom is 0.417 e. The fourth-order valence-corrected chi connectivity index (χ4v) is 5.91. The van der Waals surface area contributed by atoms with Crippen LogP contribution in [0.5, 0.6) is 5.75 Å². The molecule has 184 valence electrons. The molecule has 0 bridgehead atoms. The quantitative estimate of drug-likeness (QED) is 0.611. The highest BCUT2D eigenvalue weighted by molar-refractivity contribution is 8.00. The number of ether oxygens (including phenoxy) is 2. The molecular formula is C22H22F5N3O3S. The lowest BCUT2D eigenvalue weighted by molar-refractivity contribution is -0.274. The summed E-state index contributed by atoms with van der Waals surface area (Å²) < 4.78 is 81.6. The Labute approximate surface area is 196 Å². The first-order valence-corrected chi connectivity index (χ1v) is 11.2. The fourth-order valence-electron chi connectivity index (χ4n) is 4.66. The molecule has 1 aromatic heterocycles. The lowest BCUT2D eigenvalue weighted by Crippen LogP contribution is -2.48. The van der Waals surface area contributed by atoms with Crippen molar-refractivity contribution in [1.29, 1.82) is 0 Å². The van der Waals surface area contributed by atoms with Crippen LogP contribution in [0.2, 0.25) is 0 Å². The molecule has 5 atom stereocenters. The van der Waals surface area contributed by atoms with Gasteiger partial charge in [0.05, 0.1) is 18.6 Å². The number of hydrogen-bond acceptors (Lipinski definition) is 6. The van der Waals surface area contributed by atoms with Gasteiger partial charge in [-0.3, -0.25) is 15.1 Å². The molecule has 1 saturated heterocycles. The van der Waals surface area contributed by atoms with Crippen molar-refractivity contribution in [2.24, 2.45) is 11.7 Å². The number of pyridine rings is 1. The second-order valence-electron chi connectivity index (χ2n) is 8.41. The topological polar surface area (TPSA) is 86.5 Å². The molecule has 0 spiro atoms. The predicted octanol–water partition coefficient (Wildman–Crippen LogP) is 4.13. The van der Waals surface area contributed by atoms with Gasteiger partial charge >= 0.3 is 6.18 Å². The van der Waals surface area contributed by atoms with Crippen LogP contribution in [0, 0.1) is 17.6 Å². The molecule has 0 radical (unpaired) electrons. The number of nitrogens with one attached hydrogen (secondary N) is 1. The van der Waals surface area contributed by atoms with Crippen LogP contribution in [-0.2, 0) is 11.3 Å². The number of halogens is 5. The Balaban J connectivity index is 1.80. The van der Waals surface area contributed by atoms with Crippen molar-refractivity contribution in [3.63, 3.8) is 0 Å². The van der Waals surface area contributed by atoms with Crippen molar-refractivity contribution < 1.29 is 36.2 Å². The summed E-state index contributed by atoms with van der Waals surface area (Å²) in [6.45, 7) is 2.43. The Morgan fingerprint density at radius 2 is 2.03 bits per heavy atom. The zero-order valence-electron chi connectivity index (χ0n) is 18.4. The van der Waals surface area contributed by atoms with E-state index in [4.69, 9.17) is 15.2 Å². The highest BCUT2D eigenvalue weighted by atomic mass is 32.2. The first kappa shape index (κ1) is 24.7. The standard InChI is InChI=1S/C22H22F5N3O3S/c1-9-14(10-4-5-12(23)15(24)17(10)32-3)18(33-21(9,2)22(25,26)27)20-30-8-11-13(34-20)6-7-29-16(11)19(28)31/h4-7,9,14,18,20,30H,8H2,1-3H3,(H2,28,31)/t9-,14-,18+,20?,21+/m0/s1. The molecule has 2 aliphatic rings. The number of methoxy groups -OCH3 is 1. The molecule has 3 N–H and O–H groups in total. The third-order valence-corrected chi connectivity index (χ3v) is 7.95. The monoisotopic (exact) mass is 503 g/mol. The first-order valence-electron chi connectivity index (χ1n) is 10.3. The molecule has 0 aliphatic carbocycles. The summed E-state index contributed by atoms with van der Waals surface area (Å²) in [4.78, 5) is 16.3. The Hall–Kier alpha value is -2.44. The molecule has 1 amide bonds. The number of carbonyl (C=O) groups is 1. The third kappa shape index (κ3) is 3.81. The summed E-state index contributed by atoms with van der Waals surface area (Å²) in [5, 5.41) is 2.38. The number of benzene rings is 1. The Bertz CT molecular complexity index is 1130. The number of fused-ring (bicyclic) bond motifs is 1. The highest BCUT2D eigenvalue weighted by Gasteiger charge is 2.65. The molecule has 3 heterocycles.